The van der Waals surface area contributed by atoms with Gasteiger partial charge in [0.25, 0.3) is 0 Å². The molecule has 0 saturated heterocycles. The molecule has 2 heteroatoms. The zero-order valence-corrected chi connectivity index (χ0v) is 7.43. The standard InChI is InChI=1S/C10H13FO/c1-8-4-3-5-9(2)10(8)12-7-6-11/h3-5H,6-7H2,1-2H3. The van der Waals surface area contributed by atoms with Crippen LogP contribution in [0.25, 0.3) is 0 Å². The van der Waals surface area contributed by atoms with E-state index in [1.54, 1.807) is 0 Å². The van der Waals surface area contributed by atoms with Gasteiger partial charge in [0.15, 0.2) is 0 Å². The smallest absolute Gasteiger partial charge is 0.125 e. The number of halogens is 1. The molecule has 1 aromatic rings. The van der Waals surface area contributed by atoms with Crippen LogP contribution in [0.5, 0.6) is 5.75 Å². The Balaban J connectivity index is 2.81. The Kier molecular flexibility index (Phi) is 3.09. The maximum Gasteiger partial charge on any atom is 0.125 e. The SMILES string of the molecule is Cc1cccc(C)c1OCCF. The second-order valence-electron chi connectivity index (χ2n) is 2.76. The summed E-state index contributed by atoms with van der Waals surface area (Å²) in [5.41, 5.74) is 2.12. The van der Waals surface area contributed by atoms with Crippen LogP contribution >= 0.6 is 0 Å². The summed E-state index contributed by atoms with van der Waals surface area (Å²) in [5, 5.41) is 0. The van der Waals surface area contributed by atoms with Crippen LogP contribution in [0.15, 0.2) is 18.2 Å². The van der Waals surface area contributed by atoms with E-state index in [1.807, 2.05) is 32.0 Å². The van der Waals surface area contributed by atoms with Gasteiger partial charge in [-0.15, -0.1) is 0 Å². The number of para-hydroxylation sites is 1. The molecule has 0 N–H and O–H groups in total. The molecule has 1 aromatic carbocycles. The summed E-state index contributed by atoms with van der Waals surface area (Å²) in [6.45, 7) is 3.63. The summed E-state index contributed by atoms with van der Waals surface area (Å²) in [6.07, 6.45) is 0. The maximum atomic E-state index is 11.8. The molecule has 0 fully saturated rings. The number of alkyl halides is 1. The van der Waals surface area contributed by atoms with Crippen LogP contribution in [-0.4, -0.2) is 13.3 Å². The van der Waals surface area contributed by atoms with Crippen molar-refractivity contribution in [1.29, 1.82) is 0 Å². The maximum absolute atomic E-state index is 11.8. The van der Waals surface area contributed by atoms with Crippen LogP contribution < -0.4 is 4.74 Å². The highest BCUT2D eigenvalue weighted by Crippen LogP contribution is 2.21. The molecule has 0 amide bonds. The molecule has 1 rings (SSSR count). The van der Waals surface area contributed by atoms with Crippen LogP contribution in [0.4, 0.5) is 4.39 Å². The average molecular weight is 168 g/mol. The zero-order chi connectivity index (χ0) is 8.97. The first-order chi connectivity index (χ1) is 5.75. The van der Waals surface area contributed by atoms with Crippen LogP contribution in [0, 0.1) is 13.8 Å². The van der Waals surface area contributed by atoms with Gasteiger partial charge in [0.2, 0.25) is 0 Å². The highest BCUT2D eigenvalue weighted by atomic mass is 19.1. The molecule has 0 heterocycles. The predicted octanol–water partition coefficient (Wildman–Crippen LogP) is 2.65. The van der Waals surface area contributed by atoms with Crippen molar-refractivity contribution >= 4 is 0 Å². The van der Waals surface area contributed by atoms with Crippen molar-refractivity contribution < 1.29 is 9.13 Å². The number of hydrogen-bond acceptors (Lipinski definition) is 1. The Morgan fingerprint density at radius 3 is 2.33 bits per heavy atom. The normalized spacial score (nSPS) is 9.92. The van der Waals surface area contributed by atoms with Crippen LogP contribution in [0.3, 0.4) is 0 Å². The number of ether oxygens (including phenoxy) is 1. The Morgan fingerprint density at radius 2 is 1.83 bits per heavy atom. The Morgan fingerprint density at radius 1 is 1.25 bits per heavy atom. The number of aryl methyl sites for hydroxylation is 2. The Bertz CT molecular complexity index is 238. The van der Waals surface area contributed by atoms with Crippen molar-refractivity contribution in [2.75, 3.05) is 13.3 Å². The highest BCUT2D eigenvalue weighted by Gasteiger charge is 2.01. The Hall–Kier alpha value is -1.05. The summed E-state index contributed by atoms with van der Waals surface area (Å²) in [6, 6.07) is 5.88. The van der Waals surface area contributed by atoms with Crippen LogP contribution in [0.1, 0.15) is 11.1 Å². The van der Waals surface area contributed by atoms with Gasteiger partial charge >= 0.3 is 0 Å². The topological polar surface area (TPSA) is 9.23 Å². The van der Waals surface area contributed by atoms with E-state index in [9.17, 15) is 4.39 Å². The van der Waals surface area contributed by atoms with E-state index in [0.29, 0.717) is 0 Å². The quantitative estimate of drug-likeness (QED) is 0.674. The minimum atomic E-state index is -0.437. The van der Waals surface area contributed by atoms with Crippen molar-refractivity contribution in [3.8, 4) is 5.75 Å². The van der Waals surface area contributed by atoms with E-state index >= 15 is 0 Å². The molecule has 0 atom stereocenters. The lowest BCUT2D eigenvalue weighted by molar-refractivity contribution is 0.270. The van der Waals surface area contributed by atoms with Crippen molar-refractivity contribution in [1.82, 2.24) is 0 Å². The van der Waals surface area contributed by atoms with Gasteiger partial charge in [-0.3, -0.25) is 0 Å². The molecule has 0 aliphatic carbocycles. The third-order valence-electron chi connectivity index (χ3n) is 1.73. The summed E-state index contributed by atoms with van der Waals surface area (Å²) in [5.74, 6) is 0.815. The minimum absolute atomic E-state index is 0.145. The second-order valence-corrected chi connectivity index (χ2v) is 2.76. The van der Waals surface area contributed by atoms with Gasteiger partial charge in [-0.05, 0) is 25.0 Å². The van der Waals surface area contributed by atoms with Gasteiger partial charge in [0, 0.05) is 0 Å². The van der Waals surface area contributed by atoms with Crippen molar-refractivity contribution in [2.45, 2.75) is 13.8 Å². The minimum Gasteiger partial charge on any atom is -0.490 e. The molecular weight excluding hydrogens is 155 g/mol. The van der Waals surface area contributed by atoms with E-state index < -0.39 is 6.67 Å². The molecule has 0 aliphatic heterocycles. The molecule has 0 aromatic heterocycles. The molecular formula is C10H13FO. The van der Waals surface area contributed by atoms with Gasteiger partial charge in [0.05, 0.1) is 0 Å². The molecule has 1 nitrogen and oxygen atoms in total. The highest BCUT2D eigenvalue weighted by molar-refractivity contribution is 5.39. The Labute approximate surface area is 72.2 Å². The summed E-state index contributed by atoms with van der Waals surface area (Å²) in [4.78, 5) is 0. The van der Waals surface area contributed by atoms with E-state index in [-0.39, 0.29) is 6.61 Å². The molecule has 66 valence electrons. The van der Waals surface area contributed by atoms with E-state index in [0.717, 1.165) is 16.9 Å². The third-order valence-corrected chi connectivity index (χ3v) is 1.73. The zero-order valence-electron chi connectivity index (χ0n) is 7.43. The third kappa shape index (κ3) is 1.97. The largest absolute Gasteiger partial charge is 0.490 e. The predicted molar refractivity (Wildman–Crippen MR) is 47.4 cm³/mol. The average Bonchev–Trinajstić information content (AvgIpc) is 2.04. The van der Waals surface area contributed by atoms with E-state index in [1.165, 1.54) is 0 Å². The summed E-state index contributed by atoms with van der Waals surface area (Å²) < 4.78 is 17.1. The van der Waals surface area contributed by atoms with Gasteiger partial charge < -0.3 is 4.74 Å². The molecule has 12 heavy (non-hydrogen) atoms. The first kappa shape index (κ1) is 9.04. The number of rotatable bonds is 3. The molecule has 0 aliphatic rings. The fraction of sp³-hybridized carbons (Fsp3) is 0.400. The van der Waals surface area contributed by atoms with Crippen LogP contribution in [0.2, 0.25) is 0 Å². The van der Waals surface area contributed by atoms with Gasteiger partial charge in [-0.1, -0.05) is 18.2 Å². The lowest BCUT2D eigenvalue weighted by atomic mass is 10.1. The molecule has 0 unspecified atom stereocenters. The molecule has 0 saturated carbocycles. The van der Waals surface area contributed by atoms with Crippen molar-refractivity contribution in [3.63, 3.8) is 0 Å². The molecule has 0 bridgehead atoms. The van der Waals surface area contributed by atoms with Crippen LogP contribution in [-0.2, 0) is 0 Å². The fourth-order valence-corrected chi connectivity index (χ4v) is 1.17. The molecule has 0 spiro atoms. The van der Waals surface area contributed by atoms with Gasteiger partial charge in [-0.25, -0.2) is 4.39 Å². The van der Waals surface area contributed by atoms with Gasteiger partial charge in [0.1, 0.15) is 19.0 Å². The van der Waals surface area contributed by atoms with Gasteiger partial charge in [-0.2, -0.15) is 0 Å². The van der Waals surface area contributed by atoms with Crippen molar-refractivity contribution in [3.05, 3.63) is 29.3 Å². The van der Waals surface area contributed by atoms with E-state index in [2.05, 4.69) is 0 Å². The number of benzene rings is 1. The monoisotopic (exact) mass is 168 g/mol. The number of hydrogen-bond donors (Lipinski definition) is 0. The second kappa shape index (κ2) is 4.10. The lowest BCUT2D eigenvalue weighted by Gasteiger charge is -2.09. The van der Waals surface area contributed by atoms with E-state index in [4.69, 9.17) is 4.74 Å². The first-order valence-corrected chi connectivity index (χ1v) is 4.00. The van der Waals surface area contributed by atoms with Crippen molar-refractivity contribution in [2.24, 2.45) is 0 Å². The lowest BCUT2D eigenvalue weighted by Crippen LogP contribution is -2.01. The fourth-order valence-electron chi connectivity index (χ4n) is 1.17. The summed E-state index contributed by atoms with van der Waals surface area (Å²) in [7, 11) is 0. The molecule has 0 radical (unpaired) electrons. The summed E-state index contributed by atoms with van der Waals surface area (Å²) >= 11 is 0. The first-order valence-electron chi connectivity index (χ1n) is 4.00.